The summed E-state index contributed by atoms with van der Waals surface area (Å²) in [7, 11) is 1.67. The van der Waals surface area contributed by atoms with Crippen molar-refractivity contribution in [3.63, 3.8) is 0 Å². The molecule has 1 aromatic rings. The van der Waals surface area contributed by atoms with Crippen molar-refractivity contribution < 1.29 is 4.74 Å². The first kappa shape index (κ1) is 12.7. The number of benzene rings is 1. The highest BCUT2D eigenvalue weighted by atomic mass is 16.5. The third-order valence-corrected chi connectivity index (χ3v) is 3.33. The highest BCUT2D eigenvalue weighted by molar-refractivity contribution is 5.98. The van der Waals surface area contributed by atoms with Gasteiger partial charge in [-0.1, -0.05) is 32.9 Å². The summed E-state index contributed by atoms with van der Waals surface area (Å²) < 4.78 is 5.41. The van der Waals surface area contributed by atoms with Crippen LogP contribution in [0.1, 0.15) is 20.8 Å². The largest absolute Gasteiger partial charge is 0.495 e. The highest BCUT2D eigenvalue weighted by Gasteiger charge is 2.37. The van der Waals surface area contributed by atoms with Crippen LogP contribution in [-0.4, -0.2) is 25.7 Å². The number of hydrogen-bond acceptors (Lipinski definition) is 4. The number of aliphatic imine (C=N–C) groups is 1. The molecule has 0 radical (unpaired) electrons. The predicted octanol–water partition coefficient (Wildman–Crippen LogP) is 2.24. The van der Waals surface area contributed by atoms with Crippen LogP contribution in [0.3, 0.4) is 0 Å². The number of para-hydroxylation sites is 2. The van der Waals surface area contributed by atoms with Crippen molar-refractivity contribution in [1.82, 2.24) is 0 Å². The topological polar surface area (TPSA) is 50.9 Å². The number of nitrogens with two attached hydrogens (primary N) is 1. The Labute approximate surface area is 108 Å². The van der Waals surface area contributed by atoms with E-state index in [9.17, 15) is 0 Å². The SMILES string of the molecule is COc1ccccc1N1C(N)=NCC1C(C)(C)C. The maximum Gasteiger partial charge on any atom is 0.196 e. The molecule has 98 valence electrons. The number of anilines is 1. The first-order chi connectivity index (χ1) is 8.45. The number of ether oxygens (including phenoxy) is 1. The van der Waals surface area contributed by atoms with E-state index in [4.69, 9.17) is 10.5 Å². The molecule has 0 aliphatic carbocycles. The summed E-state index contributed by atoms with van der Waals surface area (Å²) in [5.41, 5.74) is 7.13. The van der Waals surface area contributed by atoms with Crippen molar-refractivity contribution in [2.45, 2.75) is 26.8 Å². The molecule has 4 heteroatoms. The lowest BCUT2D eigenvalue weighted by molar-refractivity contribution is 0.333. The van der Waals surface area contributed by atoms with Gasteiger partial charge in [-0.25, -0.2) is 0 Å². The first-order valence-electron chi connectivity index (χ1n) is 6.17. The van der Waals surface area contributed by atoms with Crippen LogP contribution in [0.15, 0.2) is 29.3 Å². The van der Waals surface area contributed by atoms with Crippen LogP contribution in [0.4, 0.5) is 5.69 Å². The molecular weight excluding hydrogens is 226 g/mol. The summed E-state index contributed by atoms with van der Waals surface area (Å²) in [6.45, 7) is 7.34. The quantitative estimate of drug-likeness (QED) is 0.872. The van der Waals surface area contributed by atoms with Gasteiger partial charge in [0.15, 0.2) is 5.96 Å². The number of rotatable bonds is 2. The Balaban J connectivity index is 2.43. The maximum atomic E-state index is 6.04. The van der Waals surface area contributed by atoms with E-state index in [2.05, 4.69) is 30.7 Å². The van der Waals surface area contributed by atoms with Gasteiger partial charge in [-0.05, 0) is 17.5 Å². The molecule has 0 amide bonds. The molecule has 18 heavy (non-hydrogen) atoms. The second kappa shape index (κ2) is 4.52. The van der Waals surface area contributed by atoms with Crippen molar-refractivity contribution in [2.75, 3.05) is 18.6 Å². The fourth-order valence-electron chi connectivity index (χ4n) is 2.28. The van der Waals surface area contributed by atoms with E-state index >= 15 is 0 Å². The normalized spacial score (nSPS) is 19.9. The Bertz CT molecular complexity index is 462. The molecule has 0 spiro atoms. The lowest BCUT2D eigenvalue weighted by Gasteiger charge is -2.36. The molecular formula is C14H21N3O. The minimum atomic E-state index is 0.103. The van der Waals surface area contributed by atoms with Crippen LogP contribution < -0.4 is 15.4 Å². The van der Waals surface area contributed by atoms with Gasteiger partial charge in [-0.2, -0.15) is 0 Å². The summed E-state index contributed by atoms with van der Waals surface area (Å²) in [5.74, 6) is 1.39. The number of guanidine groups is 1. The smallest absolute Gasteiger partial charge is 0.196 e. The molecule has 1 atom stereocenters. The predicted molar refractivity (Wildman–Crippen MR) is 75.2 cm³/mol. The van der Waals surface area contributed by atoms with Gasteiger partial charge >= 0.3 is 0 Å². The van der Waals surface area contributed by atoms with Gasteiger partial charge in [-0.15, -0.1) is 0 Å². The molecule has 0 saturated carbocycles. The number of nitrogens with zero attached hydrogens (tertiary/aromatic N) is 2. The summed E-state index contributed by atoms with van der Waals surface area (Å²) in [4.78, 5) is 6.46. The van der Waals surface area contributed by atoms with Crippen molar-refractivity contribution in [1.29, 1.82) is 0 Å². The summed E-state index contributed by atoms with van der Waals surface area (Å²) in [6, 6.07) is 8.17. The summed E-state index contributed by atoms with van der Waals surface area (Å²) in [5, 5.41) is 0. The van der Waals surface area contributed by atoms with Crippen LogP contribution in [-0.2, 0) is 0 Å². The van der Waals surface area contributed by atoms with E-state index in [1.807, 2.05) is 24.3 Å². The lowest BCUT2D eigenvalue weighted by Crippen LogP contribution is -2.47. The molecule has 1 aromatic carbocycles. The van der Waals surface area contributed by atoms with E-state index in [0.29, 0.717) is 5.96 Å². The van der Waals surface area contributed by atoms with Gasteiger partial charge in [0, 0.05) is 0 Å². The van der Waals surface area contributed by atoms with Crippen LogP contribution in [0.5, 0.6) is 5.75 Å². The highest BCUT2D eigenvalue weighted by Crippen LogP contribution is 2.36. The van der Waals surface area contributed by atoms with Crippen LogP contribution in [0.2, 0.25) is 0 Å². The Kier molecular flexibility index (Phi) is 3.20. The molecule has 0 bridgehead atoms. The average Bonchev–Trinajstić information content (AvgIpc) is 2.70. The van der Waals surface area contributed by atoms with Gasteiger partial charge in [0.2, 0.25) is 0 Å². The maximum absolute atomic E-state index is 6.04. The molecule has 2 N–H and O–H groups in total. The van der Waals surface area contributed by atoms with Gasteiger partial charge < -0.3 is 15.4 Å². The Morgan fingerprint density at radius 3 is 2.61 bits per heavy atom. The Hall–Kier alpha value is -1.71. The van der Waals surface area contributed by atoms with Gasteiger partial charge in [0.25, 0.3) is 0 Å². The van der Waals surface area contributed by atoms with Crippen molar-refractivity contribution in [3.05, 3.63) is 24.3 Å². The summed E-state index contributed by atoms with van der Waals surface area (Å²) >= 11 is 0. The molecule has 0 saturated heterocycles. The average molecular weight is 247 g/mol. The first-order valence-corrected chi connectivity index (χ1v) is 6.17. The summed E-state index contributed by atoms with van der Waals surface area (Å²) in [6.07, 6.45) is 0. The van der Waals surface area contributed by atoms with Crippen molar-refractivity contribution in [3.8, 4) is 5.75 Å². The Morgan fingerprint density at radius 1 is 1.33 bits per heavy atom. The van der Waals surface area contributed by atoms with E-state index in [0.717, 1.165) is 18.0 Å². The van der Waals surface area contributed by atoms with E-state index in [-0.39, 0.29) is 11.5 Å². The third kappa shape index (κ3) is 2.15. The molecule has 1 heterocycles. The monoisotopic (exact) mass is 247 g/mol. The zero-order valence-electron chi connectivity index (χ0n) is 11.5. The fourth-order valence-corrected chi connectivity index (χ4v) is 2.28. The standard InChI is InChI=1S/C14H21N3O/c1-14(2,3)12-9-16-13(15)17(12)10-7-5-6-8-11(10)18-4/h5-8,12H,9H2,1-4H3,(H2,15,16). The van der Waals surface area contributed by atoms with Gasteiger partial charge in [0.1, 0.15) is 5.75 Å². The lowest BCUT2D eigenvalue weighted by atomic mass is 9.86. The second-order valence-electron chi connectivity index (χ2n) is 5.62. The molecule has 1 aliphatic rings. The molecule has 1 aliphatic heterocycles. The minimum Gasteiger partial charge on any atom is -0.495 e. The van der Waals surface area contributed by atoms with Crippen LogP contribution >= 0.6 is 0 Å². The number of methoxy groups -OCH3 is 1. The fraction of sp³-hybridized carbons (Fsp3) is 0.500. The zero-order valence-corrected chi connectivity index (χ0v) is 11.5. The van der Waals surface area contributed by atoms with E-state index < -0.39 is 0 Å². The number of hydrogen-bond donors (Lipinski definition) is 1. The molecule has 4 nitrogen and oxygen atoms in total. The molecule has 1 unspecified atom stereocenters. The minimum absolute atomic E-state index is 0.103. The molecule has 0 aromatic heterocycles. The van der Waals surface area contributed by atoms with Gasteiger partial charge in [-0.3, -0.25) is 4.99 Å². The Morgan fingerprint density at radius 2 is 2.00 bits per heavy atom. The molecule has 2 rings (SSSR count). The van der Waals surface area contributed by atoms with Crippen LogP contribution in [0.25, 0.3) is 0 Å². The van der Waals surface area contributed by atoms with Gasteiger partial charge in [0.05, 0.1) is 25.4 Å². The zero-order chi connectivity index (χ0) is 13.3. The van der Waals surface area contributed by atoms with Crippen molar-refractivity contribution >= 4 is 11.6 Å². The second-order valence-corrected chi connectivity index (χ2v) is 5.62. The third-order valence-electron chi connectivity index (χ3n) is 3.33. The van der Waals surface area contributed by atoms with E-state index in [1.54, 1.807) is 7.11 Å². The van der Waals surface area contributed by atoms with Crippen LogP contribution in [0, 0.1) is 5.41 Å². The molecule has 0 fully saturated rings. The van der Waals surface area contributed by atoms with E-state index in [1.165, 1.54) is 0 Å². The van der Waals surface area contributed by atoms with Crippen molar-refractivity contribution in [2.24, 2.45) is 16.1 Å².